The summed E-state index contributed by atoms with van der Waals surface area (Å²) >= 11 is 0. The SMILES string of the molecule is CC(C)(C)OC(=O)NCCCCCC(=O)OC1CCC2C(=O)C(Oc3ccccc3)=COC2C1. The third-order valence-corrected chi connectivity index (χ3v) is 5.67. The molecule has 0 radical (unpaired) electrons. The Bertz CT molecular complexity index is 875. The number of allylic oxidation sites excluding steroid dienone is 1. The van der Waals surface area contributed by atoms with Crippen LogP contribution in [0.2, 0.25) is 0 Å². The number of benzene rings is 1. The van der Waals surface area contributed by atoms with Crippen molar-refractivity contribution < 1.29 is 33.3 Å². The van der Waals surface area contributed by atoms with Gasteiger partial charge < -0.3 is 24.3 Å². The highest BCUT2D eigenvalue weighted by Crippen LogP contribution is 2.35. The third-order valence-electron chi connectivity index (χ3n) is 5.67. The fourth-order valence-electron chi connectivity index (χ4n) is 4.05. The molecule has 34 heavy (non-hydrogen) atoms. The van der Waals surface area contributed by atoms with Gasteiger partial charge in [-0.1, -0.05) is 24.6 Å². The van der Waals surface area contributed by atoms with Crippen molar-refractivity contribution >= 4 is 17.8 Å². The molecule has 8 heteroatoms. The Kier molecular flexibility index (Phi) is 8.96. The summed E-state index contributed by atoms with van der Waals surface area (Å²) in [4.78, 5) is 36.6. The van der Waals surface area contributed by atoms with Crippen LogP contribution in [0.25, 0.3) is 0 Å². The zero-order valence-electron chi connectivity index (χ0n) is 20.2. The first kappa shape index (κ1) is 25.6. The highest BCUT2D eigenvalue weighted by molar-refractivity contribution is 5.96. The molecule has 2 aliphatic rings. The number of fused-ring (bicyclic) bond motifs is 1. The molecular formula is C26H35NO7. The van der Waals surface area contributed by atoms with E-state index in [9.17, 15) is 14.4 Å². The van der Waals surface area contributed by atoms with E-state index >= 15 is 0 Å². The lowest BCUT2D eigenvalue weighted by Crippen LogP contribution is -2.43. The Balaban J connectivity index is 1.32. The van der Waals surface area contributed by atoms with Crippen molar-refractivity contribution in [2.24, 2.45) is 5.92 Å². The molecule has 1 aromatic rings. The van der Waals surface area contributed by atoms with Crippen molar-refractivity contribution in [2.75, 3.05) is 6.54 Å². The zero-order chi connectivity index (χ0) is 24.6. The van der Waals surface area contributed by atoms with E-state index < -0.39 is 11.7 Å². The molecule has 0 aromatic heterocycles. The molecule has 1 aliphatic carbocycles. The quantitative estimate of drug-likeness (QED) is 0.411. The second kappa shape index (κ2) is 11.9. The van der Waals surface area contributed by atoms with Gasteiger partial charge in [0.2, 0.25) is 11.5 Å². The molecule has 1 aromatic carbocycles. The molecule has 1 fully saturated rings. The first-order valence-electron chi connectivity index (χ1n) is 12.0. The van der Waals surface area contributed by atoms with Crippen LogP contribution in [-0.2, 0) is 23.8 Å². The van der Waals surface area contributed by atoms with Gasteiger partial charge in [-0.05, 0) is 58.6 Å². The van der Waals surface area contributed by atoms with Gasteiger partial charge in [-0.3, -0.25) is 9.59 Å². The fourth-order valence-corrected chi connectivity index (χ4v) is 4.05. The summed E-state index contributed by atoms with van der Waals surface area (Å²) in [7, 11) is 0. The maximum atomic E-state index is 12.8. The van der Waals surface area contributed by atoms with Gasteiger partial charge in [0.15, 0.2) is 0 Å². The third kappa shape index (κ3) is 8.08. The number of alkyl carbamates (subject to hydrolysis) is 1. The number of nitrogens with one attached hydrogen (secondary N) is 1. The van der Waals surface area contributed by atoms with Crippen LogP contribution in [0.5, 0.6) is 5.75 Å². The van der Waals surface area contributed by atoms with Gasteiger partial charge in [-0.25, -0.2) is 4.79 Å². The van der Waals surface area contributed by atoms with Crippen LogP contribution >= 0.6 is 0 Å². The topological polar surface area (TPSA) is 100 Å². The van der Waals surface area contributed by atoms with Crippen molar-refractivity contribution in [1.29, 1.82) is 0 Å². The Morgan fingerprint density at radius 3 is 2.59 bits per heavy atom. The van der Waals surface area contributed by atoms with Gasteiger partial charge in [0, 0.05) is 19.4 Å². The minimum Gasteiger partial charge on any atom is -0.493 e. The van der Waals surface area contributed by atoms with Gasteiger partial charge in [0.05, 0.1) is 5.92 Å². The number of para-hydroxylation sites is 1. The minimum atomic E-state index is -0.516. The summed E-state index contributed by atoms with van der Waals surface area (Å²) in [5.41, 5.74) is -0.516. The summed E-state index contributed by atoms with van der Waals surface area (Å²) < 4.78 is 22.3. The molecule has 3 unspecified atom stereocenters. The van der Waals surface area contributed by atoms with Crippen LogP contribution in [0.4, 0.5) is 4.79 Å². The molecular weight excluding hydrogens is 438 g/mol. The monoisotopic (exact) mass is 473 g/mol. The van der Waals surface area contributed by atoms with Crippen LogP contribution in [0, 0.1) is 5.92 Å². The molecule has 8 nitrogen and oxygen atoms in total. The van der Waals surface area contributed by atoms with Gasteiger partial charge in [0.1, 0.15) is 29.8 Å². The van der Waals surface area contributed by atoms with E-state index in [2.05, 4.69) is 5.32 Å². The number of carbonyl (C=O) groups excluding carboxylic acids is 3. The van der Waals surface area contributed by atoms with E-state index in [0.29, 0.717) is 44.4 Å². The number of rotatable bonds is 9. The molecule has 1 aliphatic heterocycles. The van der Waals surface area contributed by atoms with Gasteiger partial charge >= 0.3 is 12.1 Å². The highest BCUT2D eigenvalue weighted by atomic mass is 16.6. The summed E-state index contributed by atoms with van der Waals surface area (Å²) in [6.07, 6.45) is 4.68. The molecule has 1 N–H and O–H groups in total. The number of amides is 1. The predicted octanol–water partition coefficient (Wildman–Crippen LogP) is 4.67. The molecule has 1 saturated carbocycles. The second-order valence-electron chi connectivity index (χ2n) is 9.71. The van der Waals surface area contributed by atoms with E-state index in [-0.39, 0.29) is 35.6 Å². The molecule has 3 rings (SSSR count). The van der Waals surface area contributed by atoms with E-state index in [1.165, 1.54) is 6.26 Å². The van der Waals surface area contributed by atoms with Crippen molar-refractivity contribution in [1.82, 2.24) is 5.32 Å². The largest absolute Gasteiger partial charge is 0.493 e. The Hall–Kier alpha value is -3.03. The van der Waals surface area contributed by atoms with E-state index in [1.54, 1.807) is 12.1 Å². The maximum absolute atomic E-state index is 12.8. The minimum absolute atomic E-state index is 0.0649. The standard InChI is InChI=1S/C26H35NO7/c1-26(2,3)34-25(30)27-15-9-5-8-12-23(28)33-19-13-14-20-21(16-19)31-17-22(24(20)29)32-18-10-6-4-7-11-18/h4,6-7,10-11,17,19-21H,5,8-9,12-16H2,1-3H3,(H,27,30). The molecule has 3 atom stereocenters. The summed E-state index contributed by atoms with van der Waals surface area (Å²) in [5.74, 6) is 0.215. The Morgan fingerprint density at radius 2 is 1.85 bits per heavy atom. The molecule has 0 bridgehead atoms. The first-order chi connectivity index (χ1) is 16.2. The van der Waals surface area contributed by atoms with Gasteiger partial charge in [-0.15, -0.1) is 0 Å². The fraction of sp³-hybridized carbons (Fsp3) is 0.577. The molecule has 0 spiro atoms. The molecule has 1 heterocycles. The molecule has 1 amide bonds. The second-order valence-corrected chi connectivity index (χ2v) is 9.71. The van der Waals surface area contributed by atoms with Crippen molar-refractivity contribution in [3.8, 4) is 5.75 Å². The summed E-state index contributed by atoms with van der Waals surface area (Å²) in [6.45, 7) is 5.95. The number of Topliss-reactive ketones (excluding diaryl/α,β-unsaturated/α-hetero) is 1. The predicted molar refractivity (Wildman–Crippen MR) is 125 cm³/mol. The normalized spacial score (nSPS) is 22.0. The number of hydrogen-bond donors (Lipinski definition) is 1. The first-order valence-corrected chi connectivity index (χ1v) is 12.0. The van der Waals surface area contributed by atoms with E-state index in [4.69, 9.17) is 18.9 Å². The molecule has 186 valence electrons. The summed E-state index contributed by atoms with van der Waals surface area (Å²) in [5, 5.41) is 2.71. The lowest BCUT2D eigenvalue weighted by Gasteiger charge is -2.36. The average molecular weight is 474 g/mol. The number of ketones is 1. The van der Waals surface area contributed by atoms with E-state index in [1.807, 2.05) is 39.0 Å². The Morgan fingerprint density at radius 1 is 1.09 bits per heavy atom. The zero-order valence-corrected chi connectivity index (χ0v) is 20.2. The average Bonchev–Trinajstić information content (AvgIpc) is 2.77. The van der Waals surface area contributed by atoms with E-state index in [0.717, 1.165) is 12.8 Å². The van der Waals surface area contributed by atoms with Gasteiger partial charge in [-0.2, -0.15) is 0 Å². The Labute approximate surface area is 201 Å². The van der Waals surface area contributed by atoms with Crippen molar-refractivity contribution in [2.45, 2.75) is 83.5 Å². The van der Waals surface area contributed by atoms with Crippen LogP contribution in [0.1, 0.15) is 65.7 Å². The number of carbonyl (C=O) groups is 3. The number of unbranched alkanes of at least 4 members (excludes halogenated alkanes) is 2. The number of esters is 1. The van der Waals surface area contributed by atoms with Crippen LogP contribution < -0.4 is 10.1 Å². The van der Waals surface area contributed by atoms with Crippen LogP contribution in [0.15, 0.2) is 42.4 Å². The lowest BCUT2D eigenvalue weighted by atomic mass is 9.80. The maximum Gasteiger partial charge on any atom is 0.407 e. The van der Waals surface area contributed by atoms with Crippen LogP contribution in [-0.4, -0.2) is 42.2 Å². The molecule has 0 saturated heterocycles. The highest BCUT2D eigenvalue weighted by Gasteiger charge is 2.42. The van der Waals surface area contributed by atoms with Gasteiger partial charge in [0.25, 0.3) is 0 Å². The smallest absolute Gasteiger partial charge is 0.407 e. The summed E-state index contributed by atoms with van der Waals surface area (Å²) in [6, 6.07) is 9.13. The van der Waals surface area contributed by atoms with Crippen molar-refractivity contribution in [3.05, 3.63) is 42.4 Å². The number of hydrogen-bond acceptors (Lipinski definition) is 7. The number of ether oxygens (including phenoxy) is 4. The lowest BCUT2D eigenvalue weighted by molar-refractivity contribution is -0.155. The van der Waals surface area contributed by atoms with Crippen LogP contribution in [0.3, 0.4) is 0 Å². The van der Waals surface area contributed by atoms with Crippen molar-refractivity contribution in [3.63, 3.8) is 0 Å².